The highest BCUT2D eigenvalue weighted by Gasteiger charge is 2.37. The van der Waals surface area contributed by atoms with Crippen molar-refractivity contribution < 1.29 is 4.79 Å². The Balaban J connectivity index is 2.08. The molecule has 1 unspecified atom stereocenters. The van der Waals surface area contributed by atoms with Gasteiger partial charge >= 0.3 is 0 Å². The second-order valence-corrected chi connectivity index (χ2v) is 5.80. The Labute approximate surface area is 92.4 Å². The second-order valence-electron chi connectivity index (χ2n) is 5.80. The van der Waals surface area contributed by atoms with Crippen LogP contribution < -0.4 is 0 Å². The minimum atomic E-state index is -0.0133. The van der Waals surface area contributed by atoms with Crippen molar-refractivity contribution in [3.05, 3.63) is 0 Å². The van der Waals surface area contributed by atoms with Crippen LogP contribution in [0.3, 0.4) is 0 Å². The van der Waals surface area contributed by atoms with Crippen molar-refractivity contribution in [1.29, 1.82) is 0 Å². The van der Waals surface area contributed by atoms with E-state index in [0.717, 1.165) is 13.1 Å². The van der Waals surface area contributed by atoms with Crippen LogP contribution in [-0.2, 0) is 4.79 Å². The molecule has 2 saturated heterocycles. The number of piperidine rings is 1. The predicted molar refractivity (Wildman–Crippen MR) is 60.7 cm³/mol. The number of rotatable bonds is 0. The monoisotopic (exact) mass is 210 g/mol. The van der Waals surface area contributed by atoms with Gasteiger partial charge in [0.1, 0.15) is 0 Å². The van der Waals surface area contributed by atoms with E-state index < -0.39 is 0 Å². The lowest BCUT2D eigenvalue weighted by Crippen LogP contribution is -2.62. The Morgan fingerprint density at radius 1 is 1.27 bits per heavy atom. The maximum atomic E-state index is 12.0. The number of fused-ring (bicyclic) bond motifs is 1. The maximum Gasteiger partial charge on any atom is 0.237 e. The number of carbonyl (C=O) groups excluding carboxylic acids is 1. The van der Waals surface area contributed by atoms with Gasteiger partial charge in [0, 0.05) is 18.1 Å². The minimum Gasteiger partial charge on any atom is -0.335 e. The smallest absolute Gasteiger partial charge is 0.237 e. The van der Waals surface area contributed by atoms with Crippen LogP contribution in [-0.4, -0.2) is 46.9 Å². The van der Waals surface area contributed by atoms with Gasteiger partial charge in [-0.25, -0.2) is 0 Å². The first kappa shape index (κ1) is 10.9. The van der Waals surface area contributed by atoms with Crippen LogP contribution in [0.1, 0.15) is 40.0 Å². The van der Waals surface area contributed by atoms with Crippen LogP contribution in [0.25, 0.3) is 0 Å². The van der Waals surface area contributed by atoms with E-state index in [-0.39, 0.29) is 5.54 Å². The lowest BCUT2D eigenvalue weighted by molar-refractivity contribution is -0.145. The van der Waals surface area contributed by atoms with Gasteiger partial charge in [0.2, 0.25) is 5.91 Å². The second kappa shape index (κ2) is 3.78. The lowest BCUT2D eigenvalue weighted by Gasteiger charge is -2.48. The van der Waals surface area contributed by atoms with Crippen molar-refractivity contribution >= 4 is 5.91 Å². The third kappa shape index (κ3) is 2.17. The van der Waals surface area contributed by atoms with Gasteiger partial charge in [-0.3, -0.25) is 9.69 Å². The molecule has 0 aromatic rings. The zero-order valence-electron chi connectivity index (χ0n) is 10.1. The average Bonchev–Trinajstić information content (AvgIpc) is 2.15. The molecule has 3 nitrogen and oxygen atoms in total. The number of hydrogen-bond acceptors (Lipinski definition) is 2. The number of carbonyl (C=O) groups is 1. The first-order chi connectivity index (χ1) is 6.98. The number of nitrogens with zero attached hydrogens (tertiary/aromatic N) is 2. The summed E-state index contributed by atoms with van der Waals surface area (Å²) in [5, 5.41) is 0. The van der Waals surface area contributed by atoms with Crippen molar-refractivity contribution in [1.82, 2.24) is 9.80 Å². The molecule has 0 aromatic heterocycles. The third-order valence-corrected chi connectivity index (χ3v) is 3.59. The quantitative estimate of drug-likeness (QED) is 0.604. The molecule has 1 atom stereocenters. The molecule has 2 rings (SSSR count). The van der Waals surface area contributed by atoms with E-state index in [2.05, 4.69) is 30.6 Å². The molecule has 2 fully saturated rings. The summed E-state index contributed by atoms with van der Waals surface area (Å²) in [5.74, 6) is 0.306. The Morgan fingerprint density at radius 2 is 2.00 bits per heavy atom. The van der Waals surface area contributed by atoms with E-state index in [1.165, 1.54) is 19.3 Å². The van der Waals surface area contributed by atoms with Gasteiger partial charge in [0.05, 0.1) is 6.54 Å². The number of piperazine rings is 1. The van der Waals surface area contributed by atoms with Crippen molar-refractivity contribution in [3.8, 4) is 0 Å². The summed E-state index contributed by atoms with van der Waals surface area (Å²) >= 11 is 0. The predicted octanol–water partition coefficient (Wildman–Crippen LogP) is 1.48. The van der Waals surface area contributed by atoms with Gasteiger partial charge < -0.3 is 4.90 Å². The molecule has 0 saturated carbocycles. The number of hydrogen-bond donors (Lipinski definition) is 0. The van der Waals surface area contributed by atoms with E-state index in [0.29, 0.717) is 18.5 Å². The zero-order chi connectivity index (χ0) is 11.1. The van der Waals surface area contributed by atoms with Crippen LogP contribution >= 0.6 is 0 Å². The van der Waals surface area contributed by atoms with Gasteiger partial charge in [-0.15, -0.1) is 0 Å². The van der Waals surface area contributed by atoms with Crippen LogP contribution in [0.5, 0.6) is 0 Å². The Hall–Kier alpha value is -0.570. The molecule has 15 heavy (non-hydrogen) atoms. The molecule has 0 aliphatic carbocycles. The molecule has 86 valence electrons. The molecule has 0 spiro atoms. The van der Waals surface area contributed by atoms with Gasteiger partial charge in [0.15, 0.2) is 0 Å². The van der Waals surface area contributed by atoms with Crippen LogP contribution in [0, 0.1) is 0 Å². The lowest BCUT2D eigenvalue weighted by atomic mass is 9.95. The van der Waals surface area contributed by atoms with Gasteiger partial charge in [0.25, 0.3) is 0 Å². The van der Waals surface area contributed by atoms with E-state index >= 15 is 0 Å². The standard InChI is InChI=1S/C12H22N2O/c1-12(2,3)14-8-10-6-4-5-7-13(10)9-11(14)15/h10H,4-9H2,1-3H3. The van der Waals surface area contributed by atoms with Crippen LogP contribution in [0.15, 0.2) is 0 Å². The summed E-state index contributed by atoms with van der Waals surface area (Å²) in [7, 11) is 0. The molecular formula is C12H22N2O. The highest BCUT2D eigenvalue weighted by atomic mass is 16.2. The average molecular weight is 210 g/mol. The maximum absolute atomic E-state index is 12.0. The van der Waals surface area contributed by atoms with Crippen molar-refractivity contribution in [2.45, 2.75) is 51.6 Å². The molecule has 1 amide bonds. The summed E-state index contributed by atoms with van der Waals surface area (Å²) in [4.78, 5) is 16.4. The fourth-order valence-electron chi connectivity index (χ4n) is 2.69. The third-order valence-electron chi connectivity index (χ3n) is 3.59. The molecule has 0 radical (unpaired) electrons. The zero-order valence-corrected chi connectivity index (χ0v) is 10.1. The largest absolute Gasteiger partial charge is 0.335 e. The molecule has 0 aromatic carbocycles. The molecule has 3 heteroatoms. The van der Waals surface area contributed by atoms with Crippen molar-refractivity contribution in [2.24, 2.45) is 0 Å². The summed E-state index contributed by atoms with van der Waals surface area (Å²) in [5.41, 5.74) is -0.0133. The highest BCUT2D eigenvalue weighted by Crippen LogP contribution is 2.25. The van der Waals surface area contributed by atoms with Crippen LogP contribution in [0.4, 0.5) is 0 Å². The molecule has 2 aliphatic rings. The van der Waals surface area contributed by atoms with Crippen molar-refractivity contribution in [2.75, 3.05) is 19.6 Å². The van der Waals surface area contributed by atoms with E-state index in [1.807, 2.05) is 0 Å². The van der Waals surface area contributed by atoms with Gasteiger partial charge in [-0.05, 0) is 40.2 Å². The highest BCUT2D eigenvalue weighted by molar-refractivity contribution is 5.80. The summed E-state index contributed by atoms with van der Waals surface area (Å²) in [6.45, 7) is 9.08. The van der Waals surface area contributed by atoms with Gasteiger partial charge in [-0.1, -0.05) is 6.42 Å². The fraction of sp³-hybridized carbons (Fsp3) is 0.917. The first-order valence-corrected chi connectivity index (χ1v) is 6.03. The molecule has 2 aliphatic heterocycles. The SMILES string of the molecule is CC(C)(C)N1CC2CCCCN2CC1=O. The number of amides is 1. The normalized spacial score (nSPS) is 29.1. The van der Waals surface area contributed by atoms with Crippen molar-refractivity contribution in [3.63, 3.8) is 0 Å². The van der Waals surface area contributed by atoms with Gasteiger partial charge in [-0.2, -0.15) is 0 Å². The first-order valence-electron chi connectivity index (χ1n) is 6.03. The molecule has 0 N–H and O–H groups in total. The molecular weight excluding hydrogens is 188 g/mol. The summed E-state index contributed by atoms with van der Waals surface area (Å²) in [6.07, 6.45) is 3.85. The summed E-state index contributed by atoms with van der Waals surface area (Å²) < 4.78 is 0. The minimum absolute atomic E-state index is 0.0133. The Morgan fingerprint density at radius 3 is 2.67 bits per heavy atom. The summed E-state index contributed by atoms with van der Waals surface area (Å²) in [6, 6.07) is 0.621. The molecule has 2 heterocycles. The van der Waals surface area contributed by atoms with E-state index in [1.54, 1.807) is 0 Å². The van der Waals surface area contributed by atoms with E-state index in [9.17, 15) is 4.79 Å². The topological polar surface area (TPSA) is 23.6 Å². The Bertz CT molecular complexity index is 257. The van der Waals surface area contributed by atoms with E-state index in [4.69, 9.17) is 0 Å². The Kier molecular flexibility index (Phi) is 2.75. The molecule has 0 bridgehead atoms. The van der Waals surface area contributed by atoms with Crippen LogP contribution in [0.2, 0.25) is 0 Å². The fourth-order valence-corrected chi connectivity index (χ4v) is 2.69.